The van der Waals surface area contributed by atoms with E-state index in [1.54, 1.807) is 24.1 Å². The zero-order valence-corrected chi connectivity index (χ0v) is 7.83. The van der Waals surface area contributed by atoms with E-state index in [9.17, 15) is 5.11 Å². The number of para-hydroxylation sites is 1. The lowest BCUT2D eigenvalue weighted by atomic mass is 10.1. The molecule has 0 saturated carbocycles. The first kappa shape index (κ1) is 8.90. The summed E-state index contributed by atoms with van der Waals surface area (Å²) in [7, 11) is 0. The molecule has 0 bridgehead atoms. The van der Waals surface area contributed by atoms with Crippen LogP contribution in [0.3, 0.4) is 0 Å². The Kier molecular flexibility index (Phi) is 2.28. The van der Waals surface area contributed by atoms with Gasteiger partial charge in [0.25, 0.3) is 0 Å². The Morgan fingerprint density at radius 2 is 1.86 bits per heavy atom. The van der Waals surface area contributed by atoms with E-state index < -0.39 is 6.10 Å². The summed E-state index contributed by atoms with van der Waals surface area (Å²) in [5, 5.41) is 17.0. The van der Waals surface area contributed by atoms with Gasteiger partial charge in [-0.2, -0.15) is 0 Å². The Balaban J connectivity index is 2.53. The van der Waals surface area contributed by atoms with Gasteiger partial charge in [0.2, 0.25) is 0 Å². The van der Waals surface area contributed by atoms with Gasteiger partial charge in [0.15, 0.2) is 0 Å². The molecule has 0 spiro atoms. The molecular weight excluding hydrogens is 178 g/mol. The maximum Gasteiger partial charge on any atom is 0.123 e. The Hall–Kier alpha value is -1.68. The highest BCUT2D eigenvalue weighted by molar-refractivity contribution is 5.41. The number of aliphatic hydroxyl groups is 1. The van der Waals surface area contributed by atoms with Gasteiger partial charge in [0.05, 0.1) is 11.8 Å². The van der Waals surface area contributed by atoms with Crippen molar-refractivity contribution in [2.75, 3.05) is 0 Å². The van der Waals surface area contributed by atoms with E-state index in [1.807, 2.05) is 24.3 Å². The van der Waals surface area contributed by atoms with Gasteiger partial charge in [-0.1, -0.05) is 18.2 Å². The van der Waals surface area contributed by atoms with Crippen LogP contribution in [0.5, 0.6) is 0 Å². The number of rotatable bonds is 2. The van der Waals surface area contributed by atoms with Crippen LogP contribution in [0.15, 0.2) is 36.9 Å². The first-order valence-electron chi connectivity index (χ1n) is 4.41. The van der Waals surface area contributed by atoms with Gasteiger partial charge in [-0.3, -0.25) is 4.57 Å². The van der Waals surface area contributed by atoms with E-state index in [0.717, 1.165) is 11.3 Å². The second kappa shape index (κ2) is 3.59. The SMILES string of the molecule is CC(O)c1ccccc1-n1cnnc1. The number of hydrogen-bond donors (Lipinski definition) is 1. The lowest BCUT2D eigenvalue weighted by Gasteiger charge is -2.11. The fraction of sp³-hybridized carbons (Fsp3) is 0.200. The molecule has 0 aliphatic heterocycles. The van der Waals surface area contributed by atoms with E-state index in [-0.39, 0.29) is 0 Å². The molecule has 0 aliphatic carbocycles. The van der Waals surface area contributed by atoms with Crippen molar-refractivity contribution in [2.45, 2.75) is 13.0 Å². The fourth-order valence-corrected chi connectivity index (χ4v) is 1.40. The molecule has 1 heterocycles. The van der Waals surface area contributed by atoms with Crippen LogP contribution >= 0.6 is 0 Å². The Morgan fingerprint density at radius 1 is 1.21 bits per heavy atom. The summed E-state index contributed by atoms with van der Waals surface area (Å²) >= 11 is 0. The Morgan fingerprint density at radius 3 is 2.50 bits per heavy atom. The van der Waals surface area contributed by atoms with Gasteiger partial charge >= 0.3 is 0 Å². The Labute approximate surface area is 81.8 Å². The summed E-state index contributed by atoms with van der Waals surface area (Å²) < 4.78 is 1.78. The maximum absolute atomic E-state index is 9.55. The van der Waals surface area contributed by atoms with Crippen LogP contribution in [0.4, 0.5) is 0 Å². The molecule has 1 aromatic heterocycles. The molecule has 14 heavy (non-hydrogen) atoms. The summed E-state index contributed by atoms with van der Waals surface area (Å²) in [4.78, 5) is 0. The number of hydrogen-bond acceptors (Lipinski definition) is 3. The molecule has 4 heteroatoms. The third-order valence-corrected chi connectivity index (χ3v) is 2.08. The first-order chi connectivity index (χ1) is 6.79. The van der Waals surface area contributed by atoms with E-state index in [2.05, 4.69) is 10.2 Å². The van der Waals surface area contributed by atoms with E-state index in [4.69, 9.17) is 0 Å². The van der Waals surface area contributed by atoms with Gasteiger partial charge in [0.1, 0.15) is 12.7 Å². The van der Waals surface area contributed by atoms with Crippen molar-refractivity contribution in [2.24, 2.45) is 0 Å². The van der Waals surface area contributed by atoms with Crippen molar-refractivity contribution in [3.8, 4) is 5.69 Å². The quantitative estimate of drug-likeness (QED) is 0.775. The summed E-state index contributed by atoms with van der Waals surface area (Å²) in [6.07, 6.45) is 2.73. The van der Waals surface area contributed by atoms with Crippen molar-refractivity contribution < 1.29 is 5.11 Å². The molecule has 1 atom stereocenters. The van der Waals surface area contributed by atoms with Crippen LogP contribution in [0.25, 0.3) is 5.69 Å². The van der Waals surface area contributed by atoms with Gasteiger partial charge in [-0.25, -0.2) is 0 Å². The molecule has 1 N–H and O–H groups in total. The van der Waals surface area contributed by atoms with Crippen LogP contribution in [-0.4, -0.2) is 19.9 Å². The minimum Gasteiger partial charge on any atom is -0.389 e. The van der Waals surface area contributed by atoms with Crippen LogP contribution < -0.4 is 0 Å². The summed E-state index contributed by atoms with van der Waals surface area (Å²) in [5.74, 6) is 0. The van der Waals surface area contributed by atoms with Crippen LogP contribution in [-0.2, 0) is 0 Å². The lowest BCUT2D eigenvalue weighted by molar-refractivity contribution is 0.199. The van der Waals surface area contributed by atoms with Crippen LogP contribution in [0, 0.1) is 0 Å². The topological polar surface area (TPSA) is 50.9 Å². The zero-order chi connectivity index (χ0) is 9.97. The third-order valence-electron chi connectivity index (χ3n) is 2.08. The molecule has 2 aromatic rings. The smallest absolute Gasteiger partial charge is 0.123 e. The molecule has 72 valence electrons. The predicted molar refractivity (Wildman–Crippen MR) is 52.0 cm³/mol. The number of benzene rings is 1. The fourth-order valence-electron chi connectivity index (χ4n) is 1.40. The average Bonchev–Trinajstić information content (AvgIpc) is 2.70. The monoisotopic (exact) mass is 189 g/mol. The summed E-state index contributed by atoms with van der Waals surface area (Å²) in [6.45, 7) is 1.74. The van der Waals surface area contributed by atoms with Crippen molar-refractivity contribution in [3.05, 3.63) is 42.5 Å². The summed E-state index contributed by atoms with van der Waals surface area (Å²) in [5.41, 5.74) is 1.78. The molecule has 0 saturated heterocycles. The largest absolute Gasteiger partial charge is 0.389 e. The van der Waals surface area contributed by atoms with Crippen LogP contribution in [0.1, 0.15) is 18.6 Å². The molecule has 0 amide bonds. The zero-order valence-electron chi connectivity index (χ0n) is 7.83. The number of aliphatic hydroxyl groups excluding tert-OH is 1. The van der Waals surface area contributed by atoms with E-state index >= 15 is 0 Å². The first-order valence-corrected chi connectivity index (χ1v) is 4.41. The average molecular weight is 189 g/mol. The number of nitrogens with zero attached hydrogens (tertiary/aromatic N) is 3. The maximum atomic E-state index is 9.55. The minimum atomic E-state index is -0.492. The van der Waals surface area contributed by atoms with Gasteiger partial charge < -0.3 is 5.11 Å². The van der Waals surface area contributed by atoms with E-state index in [0.29, 0.717) is 0 Å². The second-order valence-electron chi connectivity index (χ2n) is 3.10. The Bertz CT molecular complexity index is 409. The molecule has 0 aliphatic rings. The van der Waals surface area contributed by atoms with Crippen molar-refractivity contribution in [3.63, 3.8) is 0 Å². The molecule has 4 nitrogen and oxygen atoms in total. The van der Waals surface area contributed by atoms with Crippen LogP contribution in [0.2, 0.25) is 0 Å². The van der Waals surface area contributed by atoms with Crippen molar-refractivity contribution >= 4 is 0 Å². The molecule has 1 aromatic carbocycles. The predicted octanol–water partition coefficient (Wildman–Crippen LogP) is 1.32. The van der Waals surface area contributed by atoms with Crippen molar-refractivity contribution in [1.82, 2.24) is 14.8 Å². The molecule has 0 radical (unpaired) electrons. The van der Waals surface area contributed by atoms with Crippen molar-refractivity contribution in [1.29, 1.82) is 0 Å². The standard InChI is InChI=1S/C10H11N3O/c1-8(14)9-4-2-3-5-10(9)13-6-11-12-7-13/h2-8,14H,1H3. The van der Waals surface area contributed by atoms with Gasteiger partial charge in [-0.05, 0) is 13.0 Å². The third kappa shape index (κ3) is 1.52. The molecule has 2 rings (SSSR count). The number of aromatic nitrogens is 3. The highest BCUT2D eigenvalue weighted by Gasteiger charge is 2.07. The lowest BCUT2D eigenvalue weighted by Crippen LogP contribution is -2.00. The molecule has 1 unspecified atom stereocenters. The molecular formula is C10H11N3O. The summed E-state index contributed by atoms with van der Waals surface area (Å²) in [6, 6.07) is 7.63. The highest BCUT2D eigenvalue weighted by atomic mass is 16.3. The normalized spacial score (nSPS) is 12.7. The minimum absolute atomic E-state index is 0.492. The van der Waals surface area contributed by atoms with E-state index in [1.165, 1.54) is 0 Å². The van der Waals surface area contributed by atoms with Gasteiger partial charge in [-0.15, -0.1) is 10.2 Å². The second-order valence-corrected chi connectivity index (χ2v) is 3.10. The molecule has 0 fully saturated rings. The highest BCUT2D eigenvalue weighted by Crippen LogP contribution is 2.20. The van der Waals surface area contributed by atoms with Gasteiger partial charge in [0, 0.05) is 5.56 Å².